The molecule has 1 aromatic rings. The van der Waals surface area contributed by atoms with Gasteiger partial charge in [0.15, 0.2) is 0 Å². The predicted molar refractivity (Wildman–Crippen MR) is 74.9 cm³/mol. The molecule has 1 aliphatic carbocycles. The molecule has 104 valence electrons. The molecule has 1 saturated carbocycles. The van der Waals surface area contributed by atoms with E-state index in [2.05, 4.69) is 19.9 Å². The second-order valence-electron chi connectivity index (χ2n) is 5.62. The van der Waals surface area contributed by atoms with E-state index < -0.39 is 5.97 Å². The van der Waals surface area contributed by atoms with Gasteiger partial charge in [0.1, 0.15) is 5.75 Å². The number of carboxylic acids is 1. The maximum Gasteiger partial charge on any atom is 0.303 e. The lowest BCUT2D eigenvalue weighted by atomic mass is 9.85. The molecule has 0 saturated heterocycles. The molecule has 1 atom stereocenters. The number of rotatable bonds is 5. The highest BCUT2D eigenvalue weighted by atomic mass is 16.5. The van der Waals surface area contributed by atoms with Crippen molar-refractivity contribution in [1.29, 1.82) is 0 Å². The summed E-state index contributed by atoms with van der Waals surface area (Å²) in [6.45, 7) is 6.17. The summed E-state index contributed by atoms with van der Waals surface area (Å²) < 4.78 is 5.59. The molecule has 0 heterocycles. The minimum Gasteiger partial charge on any atom is -0.496 e. The van der Waals surface area contributed by atoms with Crippen LogP contribution in [-0.4, -0.2) is 18.2 Å². The van der Waals surface area contributed by atoms with Gasteiger partial charge in [0.25, 0.3) is 0 Å². The zero-order valence-electron chi connectivity index (χ0n) is 12.1. The molecule has 1 N–H and O–H groups in total. The number of aryl methyl sites for hydroxylation is 2. The number of ether oxygens (including phenoxy) is 1. The Kier molecular flexibility index (Phi) is 3.83. The van der Waals surface area contributed by atoms with Gasteiger partial charge >= 0.3 is 5.97 Å². The van der Waals surface area contributed by atoms with Crippen molar-refractivity contribution in [3.05, 3.63) is 28.3 Å². The molecule has 0 aliphatic heterocycles. The molecule has 19 heavy (non-hydrogen) atoms. The average Bonchev–Trinajstić information content (AvgIpc) is 3.14. The van der Waals surface area contributed by atoms with Crippen LogP contribution >= 0.6 is 0 Å². The van der Waals surface area contributed by atoms with Crippen LogP contribution in [0.4, 0.5) is 0 Å². The van der Waals surface area contributed by atoms with Crippen LogP contribution in [0.2, 0.25) is 0 Å². The van der Waals surface area contributed by atoms with E-state index >= 15 is 0 Å². The van der Waals surface area contributed by atoms with Crippen LogP contribution in [0.15, 0.2) is 6.07 Å². The zero-order chi connectivity index (χ0) is 14.2. The molecule has 1 aromatic carbocycles. The Balaban J connectivity index is 2.51. The highest BCUT2D eigenvalue weighted by Crippen LogP contribution is 2.49. The summed E-state index contributed by atoms with van der Waals surface area (Å²) in [5, 5.41) is 9.16. The zero-order valence-corrected chi connectivity index (χ0v) is 12.1. The SMILES string of the molecule is COc1c(C)c(C)cc(C)c1C(CC(=O)O)C1CC1. The van der Waals surface area contributed by atoms with Gasteiger partial charge in [0.2, 0.25) is 0 Å². The topological polar surface area (TPSA) is 46.5 Å². The Morgan fingerprint density at radius 3 is 2.47 bits per heavy atom. The number of hydrogen-bond donors (Lipinski definition) is 1. The van der Waals surface area contributed by atoms with Crippen LogP contribution in [-0.2, 0) is 4.79 Å². The van der Waals surface area contributed by atoms with Crippen molar-refractivity contribution in [2.75, 3.05) is 7.11 Å². The van der Waals surface area contributed by atoms with Crippen molar-refractivity contribution in [2.45, 2.75) is 46.0 Å². The van der Waals surface area contributed by atoms with Crippen LogP contribution in [0.5, 0.6) is 5.75 Å². The molecule has 3 nitrogen and oxygen atoms in total. The predicted octanol–water partition coefficient (Wildman–Crippen LogP) is 3.59. The molecule has 1 unspecified atom stereocenters. The van der Waals surface area contributed by atoms with Gasteiger partial charge in [-0.2, -0.15) is 0 Å². The van der Waals surface area contributed by atoms with Gasteiger partial charge in [-0.15, -0.1) is 0 Å². The first-order valence-electron chi connectivity index (χ1n) is 6.82. The van der Waals surface area contributed by atoms with Crippen molar-refractivity contribution >= 4 is 5.97 Å². The molecule has 0 bridgehead atoms. The number of methoxy groups -OCH3 is 1. The molecule has 1 fully saturated rings. The van der Waals surface area contributed by atoms with Crippen molar-refractivity contribution < 1.29 is 14.6 Å². The quantitative estimate of drug-likeness (QED) is 0.882. The molecule has 1 aliphatic rings. The fraction of sp³-hybridized carbons (Fsp3) is 0.562. The largest absolute Gasteiger partial charge is 0.496 e. The van der Waals surface area contributed by atoms with E-state index in [1.54, 1.807) is 7.11 Å². The highest BCUT2D eigenvalue weighted by Gasteiger charge is 2.36. The van der Waals surface area contributed by atoms with E-state index in [1.165, 1.54) is 5.56 Å². The molecule has 0 aromatic heterocycles. The first-order chi connectivity index (χ1) is 8.95. The summed E-state index contributed by atoms with van der Waals surface area (Å²) in [5.41, 5.74) is 4.58. The van der Waals surface area contributed by atoms with Crippen molar-refractivity contribution in [2.24, 2.45) is 5.92 Å². The van der Waals surface area contributed by atoms with Gasteiger partial charge in [0.05, 0.1) is 13.5 Å². The van der Waals surface area contributed by atoms with Gasteiger partial charge in [-0.3, -0.25) is 4.79 Å². The number of hydrogen-bond acceptors (Lipinski definition) is 2. The van der Waals surface area contributed by atoms with Crippen molar-refractivity contribution in [1.82, 2.24) is 0 Å². The third kappa shape index (κ3) is 2.75. The normalized spacial score (nSPS) is 16.2. The van der Waals surface area contributed by atoms with Crippen LogP contribution in [0, 0.1) is 26.7 Å². The van der Waals surface area contributed by atoms with Crippen LogP contribution < -0.4 is 4.74 Å². The third-order valence-electron chi connectivity index (χ3n) is 4.20. The number of aliphatic carboxylic acids is 1. The van der Waals surface area contributed by atoms with Crippen molar-refractivity contribution in [3.8, 4) is 5.75 Å². The molecule has 2 rings (SSSR count). The first kappa shape index (κ1) is 13.9. The summed E-state index contributed by atoms with van der Waals surface area (Å²) in [4.78, 5) is 11.1. The fourth-order valence-corrected chi connectivity index (χ4v) is 2.99. The van der Waals surface area contributed by atoms with E-state index in [9.17, 15) is 4.79 Å². The summed E-state index contributed by atoms with van der Waals surface area (Å²) in [7, 11) is 1.68. The minimum absolute atomic E-state index is 0.0896. The fourth-order valence-electron chi connectivity index (χ4n) is 2.99. The maximum absolute atomic E-state index is 11.1. The Labute approximate surface area is 114 Å². The molecule has 3 heteroatoms. The minimum atomic E-state index is -0.725. The van der Waals surface area contributed by atoms with Gasteiger partial charge < -0.3 is 9.84 Å². The van der Waals surface area contributed by atoms with E-state index in [0.717, 1.165) is 35.3 Å². The number of benzene rings is 1. The summed E-state index contributed by atoms with van der Waals surface area (Å²) >= 11 is 0. The average molecular weight is 262 g/mol. The van der Waals surface area contributed by atoms with Gasteiger partial charge in [-0.25, -0.2) is 0 Å². The number of carboxylic acid groups (broad SMARTS) is 1. The maximum atomic E-state index is 11.1. The van der Waals surface area contributed by atoms with E-state index in [1.807, 2.05) is 6.92 Å². The van der Waals surface area contributed by atoms with E-state index in [4.69, 9.17) is 9.84 Å². The van der Waals surface area contributed by atoms with Crippen molar-refractivity contribution in [3.63, 3.8) is 0 Å². The summed E-state index contributed by atoms with van der Waals surface area (Å²) in [6, 6.07) is 2.14. The molecule has 0 radical (unpaired) electrons. The smallest absolute Gasteiger partial charge is 0.303 e. The molecular weight excluding hydrogens is 240 g/mol. The Bertz CT molecular complexity index is 501. The van der Waals surface area contributed by atoms with Gasteiger partial charge in [-0.05, 0) is 56.2 Å². The third-order valence-corrected chi connectivity index (χ3v) is 4.20. The second kappa shape index (κ2) is 5.24. The number of carbonyl (C=O) groups is 1. The lowest BCUT2D eigenvalue weighted by Gasteiger charge is -2.23. The van der Waals surface area contributed by atoms with Gasteiger partial charge in [-0.1, -0.05) is 6.07 Å². The van der Waals surface area contributed by atoms with Crippen LogP contribution in [0.1, 0.15) is 47.4 Å². The van der Waals surface area contributed by atoms with E-state index in [-0.39, 0.29) is 12.3 Å². The monoisotopic (exact) mass is 262 g/mol. The molecular formula is C16H22O3. The van der Waals surface area contributed by atoms with Crippen LogP contribution in [0.3, 0.4) is 0 Å². The molecule has 0 spiro atoms. The van der Waals surface area contributed by atoms with E-state index in [0.29, 0.717) is 5.92 Å². The summed E-state index contributed by atoms with van der Waals surface area (Å²) in [6.07, 6.45) is 2.46. The lowest BCUT2D eigenvalue weighted by Crippen LogP contribution is -2.12. The summed E-state index contributed by atoms with van der Waals surface area (Å²) in [5.74, 6) is 0.754. The molecule has 0 amide bonds. The van der Waals surface area contributed by atoms with Crippen LogP contribution in [0.25, 0.3) is 0 Å². The van der Waals surface area contributed by atoms with Gasteiger partial charge in [0, 0.05) is 11.5 Å². The Hall–Kier alpha value is -1.51. The Morgan fingerprint density at radius 1 is 1.37 bits per heavy atom. The highest BCUT2D eigenvalue weighted by molar-refractivity contribution is 5.69. The lowest BCUT2D eigenvalue weighted by molar-refractivity contribution is -0.137. The standard InChI is InChI=1S/C16H22O3/c1-9-7-10(2)15(16(19-4)11(9)3)13(8-14(17)18)12-5-6-12/h7,12-13H,5-6,8H2,1-4H3,(H,17,18). The Morgan fingerprint density at radius 2 is 2.00 bits per heavy atom. The second-order valence-corrected chi connectivity index (χ2v) is 5.62. The first-order valence-corrected chi connectivity index (χ1v) is 6.82.